The number of carbonyl (C=O) groups excluding carboxylic acids is 2. The number of aromatic amines is 1. The van der Waals surface area contributed by atoms with Crippen LogP contribution in [0.3, 0.4) is 0 Å². The molecule has 3 heterocycles. The SMILES string of the molecule is Cc1n[nH]c(C)c1/C(O)=C1\C(=O)C(=O)N(CCCN2CCOCC2)[C@H]1c1ccccc1F. The summed E-state index contributed by atoms with van der Waals surface area (Å²) in [5.41, 5.74) is 1.48. The molecule has 170 valence electrons. The summed E-state index contributed by atoms with van der Waals surface area (Å²) in [6.07, 6.45) is 0.613. The van der Waals surface area contributed by atoms with Crippen LogP contribution in [0.2, 0.25) is 0 Å². The molecule has 32 heavy (non-hydrogen) atoms. The number of nitrogens with zero attached hydrogens (tertiary/aromatic N) is 3. The number of aryl methyl sites for hydroxylation is 2. The highest BCUT2D eigenvalue weighted by Gasteiger charge is 2.47. The molecule has 2 aliphatic rings. The van der Waals surface area contributed by atoms with Gasteiger partial charge in [-0.1, -0.05) is 18.2 Å². The van der Waals surface area contributed by atoms with Gasteiger partial charge in [0.05, 0.1) is 36.1 Å². The van der Waals surface area contributed by atoms with Gasteiger partial charge in [-0.05, 0) is 26.3 Å². The Morgan fingerprint density at radius 1 is 1.22 bits per heavy atom. The largest absolute Gasteiger partial charge is 0.507 e. The minimum Gasteiger partial charge on any atom is -0.507 e. The van der Waals surface area contributed by atoms with Crippen molar-refractivity contribution < 1.29 is 23.8 Å². The lowest BCUT2D eigenvalue weighted by atomic mass is 9.94. The minimum atomic E-state index is -1.01. The molecule has 0 aliphatic carbocycles. The zero-order valence-electron chi connectivity index (χ0n) is 18.2. The normalized spacial score (nSPS) is 21.5. The fraction of sp³-hybridized carbons (Fsp3) is 0.435. The molecule has 2 fully saturated rings. The highest BCUT2D eigenvalue weighted by Crippen LogP contribution is 2.41. The standard InChI is InChI=1S/C23H27FN4O4/c1-14-18(15(2)26-25-14)21(29)19-20(16-6-3-4-7-17(16)24)28(23(31)22(19)30)9-5-8-27-10-12-32-13-11-27/h3-4,6-7,20,29H,5,8-13H2,1-2H3,(H,25,26)/b21-19+/t20-/m0/s1. The van der Waals surface area contributed by atoms with Crippen molar-refractivity contribution in [1.29, 1.82) is 0 Å². The van der Waals surface area contributed by atoms with Crippen molar-refractivity contribution in [1.82, 2.24) is 20.0 Å². The first-order valence-corrected chi connectivity index (χ1v) is 10.7. The van der Waals surface area contributed by atoms with Crippen LogP contribution in [0.15, 0.2) is 29.8 Å². The van der Waals surface area contributed by atoms with Crippen LogP contribution >= 0.6 is 0 Å². The average molecular weight is 442 g/mol. The number of amides is 1. The van der Waals surface area contributed by atoms with Gasteiger partial charge in [-0.25, -0.2) is 4.39 Å². The Morgan fingerprint density at radius 2 is 1.94 bits per heavy atom. The third-order valence-corrected chi connectivity index (χ3v) is 6.08. The highest BCUT2D eigenvalue weighted by molar-refractivity contribution is 6.46. The van der Waals surface area contributed by atoms with Gasteiger partial charge in [0.1, 0.15) is 11.6 Å². The predicted octanol–water partition coefficient (Wildman–Crippen LogP) is 2.31. The van der Waals surface area contributed by atoms with Crippen molar-refractivity contribution in [3.63, 3.8) is 0 Å². The van der Waals surface area contributed by atoms with E-state index in [1.54, 1.807) is 32.0 Å². The first-order valence-electron chi connectivity index (χ1n) is 10.7. The van der Waals surface area contributed by atoms with Gasteiger partial charge >= 0.3 is 0 Å². The van der Waals surface area contributed by atoms with Crippen LogP contribution in [-0.2, 0) is 14.3 Å². The number of benzene rings is 1. The van der Waals surface area contributed by atoms with E-state index in [1.807, 2.05) is 0 Å². The van der Waals surface area contributed by atoms with Crippen molar-refractivity contribution in [2.75, 3.05) is 39.4 Å². The van der Waals surface area contributed by atoms with Gasteiger partial charge in [-0.15, -0.1) is 0 Å². The van der Waals surface area contributed by atoms with E-state index in [0.29, 0.717) is 36.6 Å². The molecule has 4 rings (SSSR count). The monoisotopic (exact) mass is 442 g/mol. The summed E-state index contributed by atoms with van der Waals surface area (Å²) in [6.45, 7) is 7.37. The number of hydrogen-bond donors (Lipinski definition) is 2. The summed E-state index contributed by atoms with van der Waals surface area (Å²) >= 11 is 0. The summed E-state index contributed by atoms with van der Waals surface area (Å²) < 4.78 is 20.2. The summed E-state index contributed by atoms with van der Waals surface area (Å²) in [5.74, 6) is -2.43. The molecule has 2 aliphatic heterocycles. The van der Waals surface area contributed by atoms with Gasteiger partial charge in [-0.3, -0.25) is 19.6 Å². The second-order valence-electron chi connectivity index (χ2n) is 8.13. The van der Waals surface area contributed by atoms with Crippen molar-refractivity contribution in [3.05, 3.63) is 58.2 Å². The molecular formula is C23H27FN4O4. The predicted molar refractivity (Wildman–Crippen MR) is 115 cm³/mol. The molecule has 2 aromatic rings. The number of nitrogens with one attached hydrogen (secondary N) is 1. The Labute approximate surface area is 185 Å². The maximum Gasteiger partial charge on any atom is 0.295 e. The van der Waals surface area contributed by atoms with Crippen LogP contribution in [0.1, 0.15) is 35.0 Å². The van der Waals surface area contributed by atoms with Crippen molar-refractivity contribution in [3.8, 4) is 0 Å². The molecule has 2 N–H and O–H groups in total. The van der Waals surface area contributed by atoms with E-state index in [4.69, 9.17) is 4.74 Å². The number of hydrogen-bond acceptors (Lipinski definition) is 6. The van der Waals surface area contributed by atoms with E-state index < -0.39 is 23.5 Å². The van der Waals surface area contributed by atoms with Gasteiger partial charge in [0.2, 0.25) is 0 Å². The van der Waals surface area contributed by atoms with Crippen molar-refractivity contribution in [2.24, 2.45) is 0 Å². The Balaban J connectivity index is 1.71. The van der Waals surface area contributed by atoms with Crippen LogP contribution in [-0.4, -0.2) is 76.2 Å². The number of aliphatic hydroxyl groups is 1. The fourth-order valence-corrected chi connectivity index (χ4v) is 4.45. The van der Waals surface area contributed by atoms with Crippen LogP contribution in [0.4, 0.5) is 4.39 Å². The molecule has 2 saturated heterocycles. The number of morpholine rings is 1. The summed E-state index contributed by atoms with van der Waals surface area (Å²) in [7, 11) is 0. The highest BCUT2D eigenvalue weighted by atomic mass is 19.1. The van der Waals surface area contributed by atoms with Crippen LogP contribution in [0.25, 0.3) is 5.76 Å². The van der Waals surface area contributed by atoms with Crippen LogP contribution in [0.5, 0.6) is 0 Å². The first-order chi connectivity index (χ1) is 15.4. The number of likely N-dealkylation sites (tertiary alicyclic amines) is 1. The quantitative estimate of drug-likeness (QED) is 0.405. The van der Waals surface area contributed by atoms with Gasteiger partial charge in [0.15, 0.2) is 0 Å². The van der Waals surface area contributed by atoms with Gasteiger partial charge in [-0.2, -0.15) is 5.10 Å². The van der Waals surface area contributed by atoms with Gasteiger partial charge in [0, 0.05) is 37.4 Å². The lowest BCUT2D eigenvalue weighted by Crippen LogP contribution is -2.39. The number of ether oxygens (including phenoxy) is 1. The van der Waals surface area contributed by atoms with Crippen LogP contribution in [0, 0.1) is 19.7 Å². The van der Waals surface area contributed by atoms with E-state index >= 15 is 0 Å². The second kappa shape index (κ2) is 9.22. The molecule has 0 unspecified atom stereocenters. The third kappa shape index (κ3) is 4.05. The number of Topliss-reactive ketones (excluding diaryl/α,β-unsaturated/α-hetero) is 1. The average Bonchev–Trinajstić information content (AvgIpc) is 3.25. The zero-order chi connectivity index (χ0) is 22.8. The molecule has 8 nitrogen and oxygen atoms in total. The maximum atomic E-state index is 14.8. The Hall–Kier alpha value is -3.04. The molecule has 9 heteroatoms. The topological polar surface area (TPSA) is 98.8 Å². The van der Waals surface area contributed by atoms with E-state index in [1.165, 1.54) is 11.0 Å². The summed E-state index contributed by atoms with van der Waals surface area (Å²) in [4.78, 5) is 29.6. The van der Waals surface area contributed by atoms with E-state index in [2.05, 4.69) is 15.1 Å². The Morgan fingerprint density at radius 3 is 2.59 bits per heavy atom. The molecule has 0 spiro atoms. The van der Waals surface area contributed by atoms with Crippen molar-refractivity contribution in [2.45, 2.75) is 26.3 Å². The van der Waals surface area contributed by atoms with Crippen LogP contribution < -0.4 is 0 Å². The number of aliphatic hydroxyl groups excluding tert-OH is 1. The Bertz CT molecular complexity index is 1040. The molecule has 1 amide bonds. The van der Waals surface area contributed by atoms with Gasteiger partial charge < -0.3 is 14.7 Å². The third-order valence-electron chi connectivity index (χ3n) is 6.08. The number of H-pyrrole nitrogens is 1. The summed E-state index contributed by atoms with van der Waals surface area (Å²) in [5, 5.41) is 17.9. The minimum absolute atomic E-state index is 0.112. The fourth-order valence-electron chi connectivity index (χ4n) is 4.45. The molecular weight excluding hydrogens is 415 g/mol. The van der Waals surface area contributed by atoms with Gasteiger partial charge in [0.25, 0.3) is 11.7 Å². The zero-order valence-corrected chi connectivity index (χ0v) is 18.2. The second-order valence-corrected chi connectivity index (χ2v) is 8.13. The molecule has 1 aromatic heterocycles. The molecule has 0 saturated carbocycles. The smallest absolute Gasteiger partial charge is 0.295 e. The first kappa shape index (κ1) is 22.2. The number of rotatable bonds is 6. The molecule has 1 aromatic carbocycles. The number of carbonyl (C=O) groups is 2. The lowest BCUT2D eigenvalue weighted by Gasteiger charge is -2.29. The number of halogens is 1. The number of ketones is 1. The number of aromatic nitrogens is 2. The summed E-state index contributed by atoms with van der Waals surface area (Å²) in [6, 6.07) is 5.03. The van der Waals surface area contributed by atoms with E-state index in [0.717, 1.165) is 19.6 Å². The van der Waals surface area contributed by atoms with E-state index in [9.17, 15) is 19.1 Å². The lowest BCUT2D eigenvalue weighted by molar-refractivity contribution is -0.140. The Kier molecular flexibility index (Phi) is 6.38. The molecule has 0 bridgehead atoms. The molecule has 1 atom stereocenters. The van der Waals surface area contributed by atoms with E-state index in [-0.39, 0.29) is 23.4 Å². The van der Waals surface area contributed by atoms with Crippen molar-refractivity contribution >= 4 is 17.4 Å². The molecule has 0 radical (unpaired) electrons. The maximum absolute atomic E-state index is 14.8.